The second-order valence-corrected chi connectivity index (χ2v) is 7.71. The van der Waals surface area contributed by atoms with Crippen molar-refractivity contribution >= 4 is 16.9 Å². The number of nitrogens with zero attached hydrogens (tertiary/aromatic N) is 1. The molecule has 1 fully saturated rings. The van der Waals surface area contributed by atoms with E-state index in [2.05, 4.69) is 10.2 Å². The van der Waals surface area contributed by atoms with Crippen LogP contribution in [0.3, 0.4) is 0 Å². The summed E-state index contributed by atoms with van der Waals surface area (Å²) in [5.74, 6) is 2.31. The molecule has 0 saturated carbocycles. The molecule has 3 aromatic rings. The smallest absolute Gasteiger partial charge is 0.234 e. The van der Waals surface area contributed by atoms with Crippen LogP contribution < -0.4 is 14.8 Å². The number of carbonyl (C=O) groups excluding carboxylic acids is 1. The minimum Gasteiger partial charge on any atom is -0.497 e. The number of likely N-dealkylation sites (tertiary alicyclic amines) is 1. The van der Waals surface area contributed by atoms with Crippen LogP contribution in [0.15, 0.2) is 52.9 Å². The molecule has 2 heterocycles. The van der Waals surface area contributed by atoms with Crippen molar-refractivity contribution in [3.8, 4) is 11.5 Å². The van der Waals surface area contributed by atoms with Gasteiger partial charge in [-0.2, -0.15) is 0 Å². The van der Waals surface area contributed by atoms with Gasteiger partial charge in [-0.25, -0.2) is 0 Å². The van der Waals surface area contributed by atoms with E-state index in [1.165, 1.54) is 0 Å². The van der Waals surface area contributed by atoms with Crippen LogP contribution in [0.25, 0.3) is 11.0 Å². The number of ether oxygens (including phenoxy) is 2. The molecule has 1 saturated heterocycles. The highest BCUT2D eigenvalue weighted by Crippen LogP contribution is 2.38. The van der Waals surface area contributed by atoms with Gasteiger partial charge < -0.3 is 19.2 Å². The molecule has 1 aliphatic rings. The quantitative estimate of drug-likeness (QED) is 0.625. The summed E-state index contributed by atoms with van der Waals surface area (Å²) in [6.45, 7) is 3.17. The third-order valence-corrected chi connectivity index (χ3v) is 5.76. The largest absolute Gasteiger partial charge is 0.497 e. The molecule has 4 rings (SSSR count). The number of hydrogen-bond acceptors (Lipinski definition) is 5. The molecule has 2 aromatic carbocycles. The highest BCUT2D eigenvalue weighted by atomic mass is 16.5. The van der Waals surface area contributed by atoms with Crippen LogP contribution in [0.4, 0.5) is 0 Å². The minimum atomic E-state index is -0.193. The number of fused-ring (bicyclic) bond motifs is 1. The SMILES string of the molecule is COc1ccc([C@H]2CCCN2CC(=O)N[C@@H](C)c2cc3ccccc3o2)c(OC)c1. The van der Waals surface area contributed by atoms with E-state index in [-0.39, 0.29) is 18.0 Å². The van der Waals surface area contributed by atoms with Crippen LogP contribution >= 0.6 is 0 Å². The predicted molar refractivity (Wildman–Crippen MR) is 116 cm³/mol. The molecule has 0 bridgehead atoms. The maximum atomic E-state index is 12.8. The van der Waals surface area contributed by atoms with Gasteiger partial charge in [-0.3, -0.25) is 9.69 Å². The molecule has 0 spiro atoms. The fraction of sp³-hybridized carbons (Fsp3) is 0.375. The predicted octanol–water partition coefficient (Wildman–Crippen LogP) is 4.46. The standard InChI is InChI=1S/C24H28N2O4/c1-16(22-13-17-7-4-5-9-21(17)30-22)25-24(27)15-26-12-6-8-20(26)19-11-10-18(28-2)14-23(19)29-3/h4-5,7,9-11,13-14,16,20H,6,8,12,15H2,1-3H3,(H,25,27)/t16-,20+/m0/s1. The van der Waals surface area contributed by atoms with Gasteiger partial charge in [0.1, 0.15) is 22.8 Å². The molecule has 0 aliphatic carbocycles. The highest BCUT2D eigenvalue weighted by Gasteiger charge is 2.30. The van der Waals surface area contributed by atoms with Crippen molar-refractivity contribution in [1.82, 2.24) is 10.2 Å². The lowest BCUT2D eigenvalue weighted by atomic mass is 10.0. The van der Waals surface area contributed by atoms with Gasteiger partial charge in [-0.15, -0.1) is 0 Å². The zero-order chi connectivity index (χ0) is 21.1. The van der Waals surface area contributed by atoms with Crippen molar-refractivity contribution < 1.29 is 18.7 Å². The Kier molecular flexibility index (Phi) is 5.95. The lowest BCUT2D eigenvalue weighted by molar-refractivity contribution is -0.123. The Morgan fingerprint density at radius 3 is 2.80 bits per heavy atom. The molecule has 1 N–H and O–H groups in total. The molecule has 0 unspecified atom stereocenters. The van der Waals surface area contributed by atoms with Gasteiger partial charge in [-0.1, -0.05) is 24.3 Å². The summed E-state index contributed by atoms with van der Waals surface area (Å²) in [5, 5.41) is 4.12. The average molecular weight is 408 g/mol. The van der Waals surface area contributed by atoms with Gasteiger partial charge in [-0.05, 0) is 44.5 Å². The number of hydrogen-bond donors (Lipinski definition) is 1. The molecule has 1 aromatic heterocycles. The number of benzene rings is 2. The second-order valence-electron chi connectivity index (χ2n) is 7.71. The van der Waals surface area contributed by atoms with Crippen LogP contribution in [0.2, 0.25) is 0 Å². The summed E-state index contributed by atoms with van der Waals surface area (Å²) >= 11 is 0. The van der Waals surface area contributed by atoms with Crippen molar-refractivity contribution in [2.75, 3.05) is 27.3 Å². The Morgan fingerprint density at radius 2 is 2.03 bits per heavy atom. The Hall–Kier alpha value is -2.99. The van der Waals surface area contributed by atoms with E-state index >= 15 is 0 Å². The maximum absolute atomic E-state index is 12.8. The number of carbonyl (C=O) groups is 1. The number of nitrogens with one attached hydrogen (secondary N) is 1. The topological polar surface area (TPSA) is 63.9 Å². The van der Waals surface area contributed by atoms with Crippen molar-refractivity contribution in [1.29, 1.82) is 0 Å². The summed E-state index contributed by atoms with van der Waals surface area (Å²) in [6, 6.07) is 15.7. The van der Waals surface area contributed by atoms with Crippen LogP contribution in [-0.2, 0) is 4.79 Å². The molecule has 158 valence electrons. The first-order chi connectivity index (χ1) is 14.6. The molecular weight excluding hydrogens is 380 g/mol. The van der Waals surface area contributed by atoms with Gasteiger partial charge in [0.05, 0.1) is 26.8 Å². The fourth-order valence-electron chi connectivity index (χ4n) is 4.22. The summed E-state index contributed by atoms with van der Waals surface area (Å²) in [7, 11) is 3.31. The molecule has 0 radical (unpaired) electrons. The lowest BCUT2D eigenvalue weighted by Crippen LogP contribution is -2.38. The van der Waals surface area contributed by atoms with Gasteiger partial charge in [0.2, 0.25) is 5.91 Å². The van der Waals surface area contributed by atoms with Crippen LogP contribution in [0.5, 0.6) is 11.5 Å². The number of para-hydroxylation sites is 1. The zero-order valence-corrected chi connectivity index (χ0v) is 17.7. The van der Waals surface area contributed by atoms with Gasteiger partial charge in [0.25, 0.3) is 0 Å². The van der Waals surface area contributed by atoms with E-state index in [4.69, 9.17) is 13.9 Å². The van der Waals surface area contributed by atoms with Crippen LogP contribution in [0, 0.1) is 0 Å². The summed E-state index contributed by atoms with van der Waals surface area (Å²) in [6.07, 6.45) is 2.04. The number of rotatable bonds is 7. The maximum Gasteiger partial charge on any atom is 0.234 e. The van der Waals surface area contributed by atoms with Gasteiger partial charge in [0, 0.05) is 23.1 Å². The van der Waals surface area contributed by atoms with E-state index in [9.17, 15) is 4.79 Å². The van der Waals surface area contributed by atoms with Crippen LogP contribution in [-0.4, -0.2) is 38.1 Å². The zero-order valence-electron chi connectivity index (χ0n) is 17.7. The van der Waals surface area contributed by atoms with E-state index in [0.717, 1.165) is 53.2 Å². The highest BCUT2D eigenvalue weighted by molar-refractivity contribution is 5.80. The molecule has 6 nitrogen and oxygen atoms in total. The first kappa shape index (κ1) is 20.3. The van der Waals surface area contributed by atoms with E-state index < -0.39 is 0 Å². The van der Waals surface area contributed by atoms with Crippen molar-refractivity contribution in [3.63, 3.8) is 0 Å². The average Bonchev–Trinajstić information content (AvgIpc) is 3.40. The Labute approximate surface area is 176 Å². The Morgan fingerprint density at radius 1 is 1.20 bits per heavy atom. The molecular formula is C24H28N2O4. The van der Waals surface area contributed by atoms with Crippen LogP contribution in [0.1, 0.15) is 43.2 Å². The van der Waals surface area contributed by atoms with E-state index in [0.29, 0.717) is 6.54 Å². The number of furan rings is 1. The van der Waals surface area contributed by atoms with E-state index in [1.807, 2.05) is 55.5 Å². The third kappa shape index (κ3) is 4.14. The normalized spacial score (nSPS) is 17.8. The molecule has 30 heavy (non-hydrogen) atoms. The Bertz CT molecular complexity index is 996. The van der Waals surface area contributed by atoms with Gasteiger partial charge >= 0.3 is 0 Å². The summed E-state index contributed by atoms with van der Waals surface area (Å²) in [5.41, 5.74) is 1.92. The lowest BCUT2D eigenvalue weighted by Gasteiger charge is -2.26. The molecule has 1 aliphatic heterocycles. The first-order valence-corrected chi connectivity index (χ1v) is 10.3. The minimum absolute atomic E-state index is 0.0117. The number of methoxy groups -OCH3 is 2. The summed E-state index contributed by atoms with van der Waals surface area (Å²) in [4.78, 5) is 15.0. The third-order valence-electron chi connectivity index (χ3n) is 5.76. The van der Waals surface area contributed by atoms with Crippen molar-refractivity contribution in [2.45, 2.75) is 31.8 Å². The fourth-order valence-corrected chi connectivity index (χ4v) is 4.22. The monoisotopic (exact) mass is 408 g/mol. The van der Waals surface area contributed by atoms with E-state index in [1.54, 1.807) is 14.2 Å². The molecule has 1 amide bonds. The van der Waals surface area contributed by atoms with Crippen molar-refractivity contribution in [2.24, 2.45) is 0 Å². The molecule has 2 atom stereocenters. The number of amides is 1. The first-order valence-electron chi connectivity index (χ1n) is 10.3. The second kappa shape index (κ2) is 8.79. The molecule has 6 heteroatoms. The summed E-state index contributed by atoms with van der Waals surface area (Å²) < 4.78 is 16.8. The van der Waals surface area contributed by atoms with Crippen molar-refractivity contribution in [3.05, 3.63) is 59.9 Å². The Balaban J connectivity index is 1.43. The van der Waals surface area contributed by atoms with Gasteiger partial charge in [0.15, 0.2) is 0 Å².